The number of amides is 2. The highest BCUT2D eigenvalue weighted by molar-refractivity contribution is 5.95. The zero-order chi connectivity index (χ0) is 23.3. The normalized spacial score (nSPS) is 16.1. The van der Waals surface area contributed by atoms with Crippen molar-refractivity contribution in [1.29, 1.82) is 0 Å². The van der Waals surface area contributed by atoms with E-state index in [0.29, 0.717) is 28.7 Å². The SMILES string of the molecule is CCOC(=O)C1=C(COc2ccc(C(C)C)cc2)N(C)C(=O)N[C@@H]1c1ccc(OC)cc1. The van der Waals surface area contributed by atoms with Gasteiger partial charge in [0.25, 0.3) is 0 Å². The summed E-state index contributed by atoms with van der Waals surface area (Å²) in [4.78, 5) is 27.1. The number of ether oxygens (including phenoxy) is 3. The number of urea groups is 1. The Bertz CT molecular complexity index is 980. The first-order chi connectivity index (χ1) is 15.3. The summed E-state index contributed by atoms with van der Waals surface area (Å²) in [7, 11) is 3.19. The van der Waals surface area contributed by atoms with Crippen LogP contribution in [0.1, 0.15) is 43.9 Å². The quantitative estimate of drug-likeness (QED) is 0.618. The maximum atomic E-state index is 13.0. The zero-order valence-corrected chi connectivity index (χ0v) is 19.2. The van der Waals surface area contributed by atoms with Crippen molar-refractivity contribution in [2.75, 3.05) is 27.4 Å². The van der Waals surface area contributed by atoms with Gasteiger partial charge in [-0.2, -0.15) is 0 Å². The number of nitrogens with zero attached hydrogens (tertiary/aromatic N) is 1. The van der Waals surface area contributed by atoms with E-state index in [9.17, 15) is 9.59 Å². The van der Waals surface area contributed by atoms with Crippen molar-refractivity contribution >= 4 is 12.0 Å². The Hall–Kier alpha value is -3.48. The molecule has 2 aromatic rings. The van der Waals surface area contributed by atoms with Gasteiger partial charge in [0, 0.05) is 7.05 Å². The van der Waals surface area contributed by atoms with E-state index in [2.05, 4.69) is 19.2 Å². The molecule has 0 unspecified atom stereocenters. The summed E-state index contributed by atoms with van der Waals surface area (Å²) in [5, 5.41) is 2.89. The molecule has 2 aromatic carbocycles. The van der Waals surface area contributed by atoms with E-state index in [0.717, 1.165) is 5.56 Å². The van der Waals surface area contributed by atoms with Gasteiger partial charge in [0.15, 0.2) is 0 Å². The number of likely N-dealkylation sites (N-methyl/N-ethyl adjacent to an activating group) is 1. The van der Waals surface area contributed by atoms with Gasteiger partial charge in [0.2, 0.25) is 0 Å². The molecule has 0 spiro atoms. The Kier molecular flexibility index (Phi) is 7.41. The number of benzene rings is 2. The van der Waals surface area contributed by atoms with Crippen LogP contribution >= 0.6 is 0 Å². The molecule has 0 saturated carbocycles. The average molecular weight is 439 g/mol. The average Bonchev–Trinajstić information content (AvgIpc) is 2.80. The van der Waals surface area contributed by atoms with E-state index in [1.165, 1.54) is 10.5 Å². The lowest BCUT2D eigenvalue weighted by Gasteiger charge is -2.34. The number of nitrogens with one attached hydrogen (secondary N) is 1. The second kappa shape index (κ2) is 10.2. The van der Waals surface area contributed by atoms with Gasteiger partial charge in [0.1, 0.15) is 18.1 Å². The third-order valence-corrected chi connectivity index (χ3v) is 5.44. The summed E-state index contributed by atoms with van der Waals surface area (Å²) >= 11 is 0. The molecule has 3 rings (SSSR count). The largest absolute Gasteiger partial charge is 0.497 e. The summed E-state index contributed by atoms with van der Waals surface area (Å²) in [6, 6.07) is 14.0. The topological polar surface area (TPSA) is 77.1 Å². The Morgan fingerprint density at radius 1 is 1.06 bits per heavy atom. The van der Waals surface area contributed by atoms with Crippen molar-refractivity contribution < 1.29 is 23.8 Å². The second-order valence-electron chi connectivity index (χ2n) is 7.81. The molecule has 0 bridgehead atoms. The maximum absolute atomic E-state index is 13.0. The van der Waals surface area contributed by atoms with Gasteiger partial charge in [-0.1, -0.05) is 38.1 Å². The van der Waals surface area contributed by atoms with Crippen LogP contribution in [-0.2, 0) is 9.53 Å². The molecular formula is C25H30N2O5. The third kappa shape index (κ3) is 5.04. The van der Waals surface area contributed by atoms with Gasteiger partial charge in [-0.05, 0) is 48.2 Å². The molecule has 0 saturated heterocycles. The molecule has 1 heterocycles. The lowest BCUT2D eigenvalue weighted by molar-refractivity contribution is -0.139. The van der Waals surface area contributed by atoms with Crippen molar-refractivity contribution in [2.24, 2.45) is 0 Å². The number of rotatable bonds is 8. The molecule has 0 aromatic heterocycles. The van der Waals surface area contributed by atoms with Crippen LogP contribution in [-0.4, -0.2) is 44.3 Å². The van der Waals surface area contributed by atoms with Gasteiger partial charge < -0.3 is 19.5 Å². The van der Waals surface area contributed by atoms with Crippen LogP contribution in [0.25, 0.3) is 0 Å². The second-order valence-corrected chi connectivity index (χ2v) is 7.81. The highest BCUT2D eigenvalue weighted by Crippen LogP contribution is 2.32. The van der Waals surface area contributed by atoms with E-state index in [1.54, 1.807) is 33.2 Å². The van der Waals surface area contributed by atoms with E-state index < -0.39 is 12.0 Å². The fraction of sp³-hybridized carbons (Fsp3) is 0.360. The fourth-order valence-corrected chi connectivity index (χ4v) is 3.53. The van der Waals surface area contributed by atoms with Crippen molar-refractivity contribution in [1.82, 2.24) is 10.2 Å². The van der Waals surface area contributed by atoms with E-state index in [-0.39, 0.29) is 19.2 Å². The van der Waals surface area contributed by atoms with Crippen LogP contribution in [0.15, 0.2) is 59.8 Å². The van der Waals surface area contributed by atoms with Crippen LogP contribution in [0.5, 0.6) is 11.5 Å². The van der Waals surface area contributed by atoms with Crippen LogP contribution in [0.3, 0.4) is 0 Å². The Balaban J connectivity index is 1.96. The van der Waals surface area contributed by atoms with Gasteiger partial charge in [-0.25, -0.2) is 9.59 Å². The standard InChI is InChI=1S/C25H30N2O5/c1-6-31-24(28)22-21(15-32-20-13-7-17(8-14-20)16(2)3)27(4)25(29)26-23(22)18-9-11-19(30-5)12-10-18/h7-14,16,23H,6,15H2,1-5H3,(H,26,29)/t23-/m1/s1. The first-order valence-electron chi connectivity index (χ1n) is 10.7. The molecule has 1 atom stereocenters. The number of esters is 1. The van der Waals surface area contributed by atoms with E-state index in [4.69, 9.17) is 14.2 Å². The minimum Gasteiger partial charge on any atom is -0.497 e. The number of carbonyl (C=O) groups excluding carboxylic acids is 2. The number of methoxy groups -OCH3 is 1. The summed E-state index contributed by atoms with van der Waals surface area (Å²) in [6.45, 7) is 6.27. The van der Waals surface area contributed by atoms with Gasteiger partial charge in [-0.3, -0.25) is 4.90 Å². The number of carbonyl (C=O) groups is 2. The zero-order valence-electron chi connectivity index (χ0n) is 19.2. The van der Waals surface area contributed by atoms with Crippen molar-refractivity contribution in [2.45, 2.75) is 32.7 Å². The number of hydrogen-bond acceptors (Lipinski definition) is 5. The maximum Gasteiger partial charge on any atom is 0.338 e. The molecule has 1 aliphatic heterocycles. The number of hydrogen-bond donors (Lipinski definition) is 1. The van der Waals surface area contributed by atoms with Crippen molar-refractivity contribution in [3.8, 4) is 11.5 Å². The van der Waals surface area contributed by atoms with Gasteiger partial charge >= 0.3 is 12.0 Å². The highest BCUT2D eigenvalue weighted by Gasteiger charge is 2.37. The molecule has 1 aliphatic rings. The van der Waals surface area contributed by atoms with Crippen molar-refractivity contribution in [3.63, 3.8) is 0 Å². The Morgan fingerprint density at radius 3 is 2.25 bits per heavy atom. The third-order valence-electron chi connectivity index (χ3n) is 5.44. The van der Waals surface area contributed by atoms with Gasteiger partial charge in [-0.15, -0.1) is 0 Å². The van der Waals surface area contributed by atoms with Crippen LogP contribution < -0.4 is 14.8 Å². The first-order valence-corrected chi connectivity index (χ1v) is 10.7. The lowest BCUT2D eigenvalue weighted by atomic mass is 9.94. The highest BCUT2D eigenvalue weighted by atomic mass is 16.5. The molecule has 170 valence electrons. The summed E-state index contributed by atoms with van der Waals surface area (Å²) in [5.41, 5.74) is 2.76. The van der Waals surface area contributed by atoms with Gasteiger partial charge in [0.05, 0.1) is 31.0 Å². The molecule has 2 amide bonds. The molecule has 32 heavy (non-hydrogen) atoms. The predicted octanol–water partition coefficient (Wildman–Crippen LogP) is 4.41. The van der Waals surface area contributed by atoms with Crippen LogP contribution in [0, 0.1) is 0 Å². The molecule has 7 nitrogen and oxygen atoms in total. The monoisotopic (exact) mass is 438 g/mol. The molecule has 0 aliphatic carbocycles. The fourth-order valence-electron chi connectivity index (χ4n) is 3.53. The molecular weight excluding hydrogens is 408 g/mol. The smallest absolute Gasteiger partial charge is 0.338 e. The molecule has 1 N–H and O–H groups in total. The summed E-state index contributed by atoms with van der Waals surface area (Å²) in [6.07, 6.45) is 0. The Labute approximate surface area is 189 Å². The minimum atomic E-state index is -0.662. The molecule has 0 radical (unpaired) electrons. The summed E-state index contributed by atoms with van der Waals surface area (Å²) < 4.78 is 16.5. The van der Waals surface area contributed by atoms with Crippen LogP contribution in [0.4, 0.5) is 4.79 Å². The van der Waals surface area contributed by atoms with Crippen molar-refractivity contribution in [3.05, 3.63) is 70.9 Å². The summed E-state index contributed by atoms with van der Waals surface area (Å²) in [5.74, 6) is 1.27. The Morgan fingerprint density at radius 2 is 1.69 bits per heavy atom. The first kappa shape index (κ1) is 23.2. The molecule has 0 fully saturated rings. The van der Waals surface area contributed by atoms with E-state index >= 15 is 0 Å². The predicted molar refractivity (Wildman–Crippen MR) is 122 cm³/mol. The van der Waals surface area contributed by atoms with E-state index in [1.807, 2.05) is 36.4 Å². The minimum absolute atomic E-state index is 0.0474. The lowest BCUT2D eigenvalue weighted by Crippen LogP contribution is -2.48. The van der Waals surface area contributed by atoms with Crippen LogP contribution in [0.2, 0.25) is 0 Å². The molecule has 7 heteroatoms.